The number of nitrogens with zero attached hydrogens (tertiary/aromatic N) is 3. The van der Waals surface area contributed by atoms with Crippen LogP contribution in [-0.2, 0) is 6.42 Å². The Bertz CT molecular complexity index is 702. The number of aromatic nitrogens is 3. The van der Waals surface area contributed by atoms with E-state index in [1.807, 2.05) is 48.1 Å². The first-order valence-electron chi connectivity index (χ1n) is 7.04. The van der Waals surface area contributed by atoms with Gasteiger partial charge in [-0.1, -0.05) is 30.3 Å². The van der Waals surface area contributed by atoms with Crippen LogP contribution < -0.4 is 5.32 Å². The van der Waals surface area contributed by atoms with Crippen LogP contribution in [0.3, 0.4) is 0 Å². The van der Waals surface area contributed by atoms with Crippen LogP contribution in [0.15, 0.2) is 53.3 Å². The average Bonchev–Trinajstić information content (AvgIpc) is 3.18. The van der Waals surface area contributed by atoms with Gasteiger partial charge in [-0.2, -0.15) is 0 Å². The summed E-state index contributed by atoms with van der Waals surface area (Å²) in [5.41, 5.74) is 3.10. The number of hydrogen-bond acceptors (Lipinski definition) is 4. The highest BCUT2D eigenvalue weighted by molar-refractivity contribution is 5.36. The summed E-state index contributed by atoms with van der Waals surface area (Å²) in [6.45, 7) is 2.09. The third-order valence-corrected chi connectivity index (χ3v) is 3.57. The number of nitrogens with one attached hydrogen (secondary N) is 1. The third-order valence-electron chi connectivity index (χ3n) is 3.57. The molecular formula is C16H18N4O. The molecule has 21 heavy (non-hydrogen) atoms. The number of rotatable bonds is 5. The normalized spacial score (nSPS) is 12.5. The van der Waals surface area contributed by atoms with Gasteiger partial charge in [0.05, 0.1) is 29.9 Å². The average molecular weight is 282 g/mol. The zero-order chi connectivity index (χ0) is 14.7. The summed E-state index contributed by atoms with van der Waals surface area (Å²) in [5, 5.41) is 11.6. The molecule has 0 bridgehead atoms. The molecule has 1 aromatic carbocycles. The van der Waals surface area contributed by atoms with E-state index in [0.717, 1.165) is 29.1 Å². The molecule has 5 heteroatoms. The number of benzene rings is 1. The van der Waals surface area contributed by atoms with Gasteiger partial charge in [0.25, 0.3) is 0 Å². The summed E-state index contributed by atoms with van der Waals surface area (Å²) in [7, 11) is 1.93. The first kappa shape index (κ1) is 13.6. The predicted octanol–water partition coefficient (Wildman–Crippen LogP) is 2.73. The van der Waals surface area contributed by atoms with Crippen molar-refractivity contribution in [2.24, 2.45) is 0 Å². The van der Waals surface area contributed by atoms with Gasteiger partial charge >= 0.3 is 0 Å². The molecule has 1 N–H and O–H groups in total. The lowest BCUT2D eigenvalue weighted by Gasteiger charge is -2.17. The first-order valence-corrected chi connectivity index (χ1v) is 7.04. The minimum absolute atomic E-state index is 0.00564. The van der Waals surface area contributed by atoms with E-state index in [1.54, 1.807) is 12.5 Å². The SMILES string of the molecule is CCc1occc1C(NC)c1cnnn1-c1ccccc1. The molecule has 0 fully saturated rings. The Morgan fingerprint density at radius 3 is 2.76 bits per heavy atom. The monoisotopic (exact) mass is 282 g/mol. The van der Waals surface area contributed by atoms with Gasteiger partial charge in [0.2, 0.25) is 0 Å². The van der Waals surface area contributed by atoms with Gasteiger partial charge in [-0.05, 0) is 25.2 Å². The maximum absolute atomic E-state index is 5.55. The fraction of sp³-hybridized carbons (Fsp3) is 0.250. The van der Waals surface area contributed by atoms with Gasteiger partial charge < -0.3 is 9.73 Å². The Balaban J connectivity index is 2.05. The van der Waals surface area contributed by atoms with E-state index >= 15 is 0 Å². The summed E-state index contributed by atoms with van der Waals surface area (Å²) < 4.78 is 7.40. The Morgan fingerprint density at radius 2 is 2.05 bits per heavy atom. The van der Waals surface area contributed by atoms with E-state index in [0.29, 0.717) is 0 Å². The summed E-state index contributed by atoms with van der Waals surface area (Å²) >= 11 is 0. The molecule has 3 aromatic rings. The van der Waals surface area contributed by atoms with Crippen molar-refractivity contribution in [2.45, 2.75) is 19.4 Å². The number of para-hydroxylation sites is 1. The molecule has 0 amide bonds. The van der Waals surface area contributed by atoms with Crippen molar-refractivity contribution in [3.8, 4) is 5.69 Å². The number of aryl methyl sites for hydroxylation is 1. The lowest BCUT2D eigenvalue weighted by Crippen LogP contribution is -2.21. The maximum Gasteiger partial charge on any atom is 0.108 e. The van der Waals surface area contributed by atoms with E-state index in [1.165, 1.54) is 0 Å². The number of furan rings is 1. The van der Waals surface area contributed by atoms with Crippen molar-refractivity contribution < 1.29 is 4.42 Å². The molecule has 0 saturated carbocycles. The first-order chi connectivity index (χ1) is 10.3. The van der Waals surface area contributed by atoms with Gasteiger partial charge in [0.15, 0.2) is 0 Å². The van der Waals surface area contributed by atoms with Gasteiger partial charge in [-0.3, -0.25) is 0 Å². The van der Waals surface area contributed by atoms with Gasteiger partial charge in [-0.15, -0.1) is 5.10 Å². The van der Waals surface area contributed by atoms with Crippen LogP contribution in [0, 0.1) is 0 Å². The Morgan fingerprint density at radius 1 is 1.24 bits per heavy atom. The van der Waals surface area contributed by atoms with Crippen molar-refractivity contribution in [1.82, 2.24) is 20.3 Å². The Hall–Kier alpha value is -2.40. The summed E-state index contributed by atoms with van der Waals surface area (Å²) in [6.07, 6.45) is 4.38. The van der Waals surface area contributed by atoms with E-state index in [4.69, 9.17) is 4.42 Å². The van der Waals surface area contributed by atoms with Crippen molar-refractivity contribution >= 4 is 0 Å². The summed E-state index contributed by atoms with van der Waals surface area (Å²) in [5.74, 6) is 0.982. The Labute approximate surface area is 123 Å². The number of hydrogen-bond donors (Lipinski definition) is 1. The molecule has 1 atom stereocenters. The highest BCUT2D eigenvalue weighted by Gasteiger charge is 2.22. The largest absolute Gasteiger partial charge is 0.469 e. The van der Waals surface area contributed by atoms with Crippen LogP contribution in [0.4, 0.5) is 0 Å². The molecule has 0 aliphatic carbocycles. The molecule has 108 valence electrons. The zero-order valence-electron chi connectivity index (χ0n) is 12.2. The standard InChI is InChI=1S/C16H18N4O/c1-3-15-13(9-10-21-15)16(17-2)14-11-18-19-20(14)12-7-5-4-6-8-12/h4-11,16-17H,3H2,1-2H3. The minimum Gasteiger partial charge on any atom is -0.469 e. The van der Waals surface area contributed by atoms with Crippen molar-refractivity contribution in [3.05, 3.63) is 65.9 Å². The second-order valence-electron chi connectivity index (χ2n) is 4.78. The molecular weight excluding hydrogens is 264 g/mol. The summed E-state index contributed by atoms with van der Waals surface area (Å²) in [4.78, 5) is 0. The van der Waals surface area contributed by atoms with Gasteiger partial charge in [-0.25, -0.2) is 4.68 Å². The molecule has 1 unspecified atom stereocenters. The van der Waals surface area contributed by atoms with Crippen LogP contribution in [0.25, 0.3) is 5.69 Å². The third kappa shape index (κ3) is 2.48. The second-order valence-corrected chi connectivity index (χ2v) is 4.78. The topological polar surface area (TPSA) is 55.9 Å². The molecule has 2 heterocycles. The molecule has 2 aromatic heterocycles. The fourth-order valence-electron chi connectivity index (χ4n) is 2.57. The zero-order valence-corrected chi connectivity index (χ0v) is 12.2. The molecule has 0 saturated heterocycles. The maximum atomic E-state index is 5.55. The van der Waals surface area contributed by atoms with Crippen LogP contribution in [0.1, 0.15) is 30.0 Å². The van der Waals surface area contributed by atoms with E-state index < -0.39 is 0 Å². The lowest BCUT2D eigenvalue weighted by molar-refractivity contribution is 0.502. The van der Waals surface area contributed by atoms with E-state index in [-0.39, 0.29) is 6.04 Å². The highest BCUT2D eigenvalue weighted by atomic mass is 16.3. The van der Waals surface area contributed by atoms with Gasteiger partial charge in [0.1, 0.15) is 5.76 Å². The quantitative estimate of drug-likeness (QED) is 0.781. The lowest BCUT2D eigenvalue weighted by atomic mass is 10.0. The van der Waals surface area contributed by atoms with Crippen LogP contribution in [0.5, 0.6) is 0 Å². The minimum atomic E-state index is -0.00564. The molecule has 3 rings (SSSR count). The van der Waals surface area contributed by atoms with Crippen LogP contribution in [0.2, 0.25) is 0 Å². The molecule has 5 nitrogen and oxygen atoms in total. The van der Waals surface area contributed by atoms with Crippen LogP contribution in [-0.4, -0.2) is 22.0 Å². The van der Waals surface area contributed by atoms with Crippen molar-refractivity contribution in [3.63, 3.8) is 0 Å². The van der Waals surface area contributed by atoms with Crippen LogP contribution >= 0.6 is 0 Å². The highest BCUT2D eigenvalue weighted by Crippen LogP contribution is 2.27. The van der Waals surface area contributed by atoms with Crippen molar-refractivity contribution in [1.29, 1.82) is 0 Å². The molecule has 0 spiro atoms. The van der Waals surface area contributed by atoms with Gasteiger partial charge in [0, 0.05) is 12.0 Å². The fourth-order valence-corrected chi connectivity index (χ4v) is 2.57. The van der Waals surface area contributed by atoms with E-state index in [9.17, 15) is 0 Å². The smallest absolute Gasteiger partial charge is 0.108 e. The second kappa shape index (κ2) is 5.93. The molecule has 0 aliphatic rings. The van der Waals surface area contributed by atoms with Crippen molar-refractivity contribution in [2.75, 3.05) is 7.05 Å². The molecule has 0 radical (unpaired) electrons. The van der Waals surface area contributed by atoms with E-state index in [2.05, 4.69) is 22.6 Å². The Kier molecular flexibility index (Phi) is 3.83. The predicted molar refractivity (Wildman–Crippen MR) is 80.3 cm³/mol. The molecule has 0 aliphatic heterocycles. The summed E-state index contributed by atoms with van der Waals surface area (Å²) in [6, 6.07) is 12.0.